The monoisotopic (exact) mass is 161 g/mol. The molecule has 0 bridgehead atoms. The van der Waals surface area contributed by atoms with E-state index in [2.05, 4.69) is 25.6 Å². The first-order valence-corrected chi connectivity index (χ1v) is 4.18. The molecule has 0 aromatic heterocycles. The molecule has 2 N–H and O–H groups in total. The van der Waals surface area contributed by atoms with Crippen LogP contribution in [0.2, 0.25) is 0 Å². The Bertz CT molecular complexity index is 240. The molecule has 0 aliphatic rings. The normalized spacial score (nSPS) is 15.2. The Balaban J connectivity index is 2.78. The smallest absolute Gasteiger partial charge is 0.0288 e. The lowest BCUT2D eigenvalue weighted by Crippen LogP contribution is -2.23. The predicted molar refractivity (Wildman–Crippen MR) is 53.0 cm³/mol. The fourth-order valence-electron chi connectivity index (χ4n) is 1.18. The van der Waals surface area contributed by atoms with E-state index in [4.69, 9.17) is 5.73 Å². The molecule has 0 aliphatic carbocycles. The van der Waals surface area contributed by atoms with Gasteiger partial charge in [0.1, 0.15) is 0 Å². The zero-order chi connectivity index (χ0) is 8.97. The van der Waals surface area contributed by atoms with Gasteiger partial charge in [-0.2, -0.15) is 0 Å². The molecule has 1 heteroatoms. The third kappa shape index (κ3) is 1.95. The SMILES string of the molecule is C=CC(N)C(C)c1ccccc1. The zero-order valence-electron chi connectivity index (χ0n) is 7.40. The van der Waals surface area contributed by atoms with E-state index in [0.717, 1.165) is 0 Å². The zero-order valence-corrected chi connectivity index (χ0v) is 7.40. The topological polar surface area (TPSA) is 26.0 Å². The Morgan fingerprint density at radius 1 is 1.33 bits per heavy atom. The van der Waals surface area contributed by atoms with Crippen LogP contribution in [-0.2, 0) is 0 Å². The van der Waals surface area contributed by atoms with Crippen LogP contribution in [0, 0.1) is 0 Å². The maximum Gasteiger partial charge on any atom is 0.0288 e. The van der Waals surface area contributed by atoms with E-state index in [-0.39, 0.29) is 6.04 Å². The van der Waals surface area contributed by atoms with Crippen molar-refractivity contribution in [3.8, 4) is 0 Å². The molecule has 0 amide bonds. The van der Waals surface area contributed by atoms with Gasteiger partial charge in [0.2, 0.25) is 0 Å². The highest BCUT2D eigenvalue weighted by Gasteiger charge is 2.09. The molecule has 1 rings (SSSR count). The van der Waals surface area contributed by atoms with Crippen molar-refractivity contribution in [2.24, 2.45) is 5.73 Å². The largest absolute Gasteiger partial charge is 0.324 e. The van der Waals surface area contributed by atoms with Crippen molar-refractivity contribution in [2.45, 2.75) is 18.9 Å². The first-order valence-electron chi connectivity index (χ1n) is 4.18. The summed E-state index contributed by atoms with van der Waals surface area (Å²) < 4.78 is 0. The summed E-state index contributed by atoms with van der Waals surface area (Å²) in [5.74, 6) is 0.351. The second kappa shape index (κ2) is 4.07. The maximum atomic E-state index is 5.83. The van der Waals surface area contributed by atoms with Crippen LogP contribution in [0.4, 0.5) is 0 Å². The summed E-state index contributed by atoms with van der Waals surface area (Å²) in [4.78, 5) is 0. The summed E-state index contributed by atoms with van der Waals surface area (Å²) >= 11 is 0. The molecule has 1 nitrogen and oxygen atoms in total. The first-order chi connectivity index (χ1) is 5.75. The van der Waals surface area contributed by atoms with E-state index < -0.39 is 0 Å². The number of hydrogen-bond donors (Lipinski definition) is 1. The molecule has 0 spiro atoms. The van der Waals surface area contributed by atoms with Crippen molar-refractivity contribution in [1.82, 2.24) is 0 Å². The highest BCUT2D eigenvalue weighted by Crippen LogP contribution is 2.17. The van der Waals surface area contributed by atoms with E-state index in [1.807, 2.05) is 18.2 Å². The summed E-state index contributed by atoms with van der Waals surface area (Å²) in [6, 6.07) is 10.3. The molecule has 64 valence electrons. The van der Waals surface area contributed by atoms with E-state index >= 15 is 0 Å². The lowest BCUT2D eigenvalue weighted by molar-refractivity contribution is 0.665. The van der Waals surface area contributed by atoms with E-state index in [1.54, 1.807) is 6.08 Å². The lowest BCUT2D eigenvalue weighted by Gasteiger charge is -2.16. The molecule has 0 heterocycles. The van der Waals surface area contributed by atoms with Crippen LogP contribution in [0.1, 0.15) is 18.4 Å². The van der Waals surface area contributed by atoms with Crippen molar-refractivity contribution in [3.63, 3.8) is 0 Å². The summed E-state index contributed by atoms with van der Waals surface area (Å²) in [6.07, 6.45) is 1.79. The van der Waals surface area contributed by atoms with Crippen LogP contribution in [0.3, 0.4) is 0 Å². The minimum absolute atomic E-state index is 0.0485. The quantitative estimate of drug-likeness (QED) is 0.676. The molecule has 1 aromatic rings. The molecular weight excluding hydrogens is 146 g/mol. The fourth-order valence-corrected chi connectivity index (χ4v) is 1.18. The van der Waals surface area contributed by atoms with Crippen molar-refractivity contribution >= 4 is 0 Å². The van der Waals surface area contributed by atoms with Crippen LogP contribution in [0.15, 0.2) is 43.0 Å². The summed E-state index contributed by atoms with van der Waals surface area (Å²) in [6.45, 7) is 5.79. The molecule has 0 saturated carbocycles. The summed E-state index contributed by atoms with van der Waals surface area (Å²) in [7, 11) is 0. The minimum Gasteiger partial charge on any atom is -0.324 e. The van der Waals surface area contributed by atoms with Gasteiger partial charge in [-0.15, -0.1) is 6.58 Å². The van der Waals surface area contributed by atoms with Crippen LogP contribution in [0.25, 0.3) is 0 Å². The molecule has 1 aromatic carbocycles. The molecule has 12 heavy (non-hydrogen) atoms. The van der Waals surface area contributed by atoms with Crippen molar-refractivity contribution in [3.05, 3.63) is 48.6 Å². The van der Waals surface area contributed by atoms with Crippen molar-refractivity contribution in [1.29, 1.82) is 0 Å². The minimum atomic E-state index is 0.0485. The van der Waals surface area contributed by atoms with Gasteiger partial charge < -0.3 is 5.73 Å². The summed E-state index contributed by atoms with van der Waals surface area (Å²) in [5, 5.41) is 0. The van der Waals surface area contributed by atoms with Gasteiger partial charge in [-0.1, -0.05) is 43.3 Å². The standard InChI is InChI=1S/C11H15N/c1-3-11(12)9(2)10-7-5-4-6-8-10/h3-9,11H,1,12H2,2H3. The van der Waals surface area contributed by atoms with Crippen LogP contribution >= 0.6 is 0 Å². The fraction of sp³-hybridized carbons (Fsp3) is 0.273. The molecule has 0 saturated heterocycles. The number of hydrogen-bond acceptors (Lipinski definition) is 1. The van der Waals surface area contributed by atoms with E-state index in [9.17, 15) is 0 Å². The molecule has 2 unspecified atom stereocenters. The molecule has 0 fully saturated rings. The van der Waals surface area contributed by atoms with Gasteiger partial charge in [0.25, 0.3) is 0 Å². The second-order valence-corrected chi connectivity index (χ2v) is 3.01. The van der Waals surface area contributed by atoms with Gasteiger partial charge in [0.05, 0.1) is 0 Å². The third-order valence-electron chi connectivity index (χ3n) is 2.17. The average molecular weight is 161 g/mol. The highest BCUT2D eigenvalue weighted by molar-refractivity contribution is 5.21. The Morgan fingerprint density at radius 3 is 2.42 bits per heavy atom. The van der Waals surface area contributed by atoms with Gasteiger partial charge in [-0.3, -0.25) is 0 Å². The average Bonchev–Trinajstić information content (AvgIpc) is 2.17. The molecule has 2 atom stereocenters. The Hall–Kier alpha value is -1.08. The van der Waals surface area contributed by atoms with Gasteiger partial charge in [-0.25, -0.2) is 0 Å². The maximum absolute atomic E-state index is 5.83. The first kappa shape index (κ1) is 9.01. The van der Waals surface area contributed by atoms with Gasteiger partial charge in [0.15, 0.2) is 0 Å². The molecule has 0 aliphatic heterocycles. The Kier molecular flexibility index (Phi) is 3.06. The van der Waals surface area contributed by atoms with Crippen LogP contribution in [-0.4, -0.2) is 6.04 Å². The van der Waals surface area contributed by atoms with E-state index in [0.29, 0.717) is 5.92 Å². The van der Waals surface area contributed by atoms with Crippen molar-refractivity contribution in [2.75, 3.05) is 0 Å². The third-order valence-corrected chi connectivity index (χ3v) is 2.17. The molecular formula is C11H15N. The van der Waals surface area contributed by atoms with Gasteiger partial charge in [0, 0.05) is 6.04 Å². The van der Waals surface area contributed by atoms with Crippen molar-refractivity contribution < 1.29 is 0 Å². The van der Waals surface area contributed by atoms with Gasteiger partial charge >= 0.3 is 0 Å². The number of nitrogens with two attached hydrogens (primary N) is 1. The Labute approximate surface area is 73.9 Å². The summed E-state index contributed by atoms with van der Waals surface area (Å²) in [5.41, 5.74) is 7.10. The van der Waals surface area contributed by atoms with Crippen LogP contribution in [0.5, 0.6) is 0 Å². The molecule has 0 radical (unpaired) electrons. The Morgan fingerprint density at radius 2 is 1.92 bits per heavy atom. The number of rotatable bonds is 3. The van der Waals surface area contributed by atoms with Gasteiger partial charge in [-0.05, 0) is 11.5 Å². The van der Waals surface area contributed by atoms with Crippen LogP contribution < -0.4 is 5.73 Å². The lowest BCUT2D eigenvalue weighted by atomic mass is 9.94. The predicted octanol–water partition coefficient (Wildman–Crippen LogP) is 2.30. The van der Waals surface area contributed by atoms with E-state index in [1.165, 1.54) is 5.56 Å². The number of benzene rings is 1. The second-order valence-electron chi connectivity index (χ2n) is 3.01. The highest BCUT2D eigenvalue weighted by atomic mass is 14.6.